The first-order chi connectivity index (χ1) is 19.7. The Bertz CT molecular complexity index is 1570. The van der Waals surface area contributed by atoms with Gasteiger partial charge in [-0.3, -0.25) is 14.4 Å². The highest BCUT2D eigenvalue weighted by atomic mass is 16.6. The molecule has 0 bridgehead atoms. The molecule has 1 aliphatic heterocycles. The summed E-state index contributed by atoms with van der Waals surface area (Å²) in [5.41, 5.74) is 3.65. The minimum atomic E-state index is -1.09. The lowest BCUT2D eigenvalue weighted by Crippen LogP contribution is -2.35. The molecule has 210 valence electrons. The Balaban J connectivity index is 1.22. The smallest absolute Gasteiger partial charge is 0.321 e. The molecule has 0 N–H and O–H groups in total. The Morgan fingerprint density at radius 3 is 2.32 bits per heavy atom. The number of carbonyl (C=O) groups excluding carboxylic acids is 3. The Kier molecular flexibility index (Phi) is 7.75. The molecule has 1 unspecified atom stereocenters. The first-order valence-electron chi connectivity index (χ1n) is 13.7. The number of amides is 1. The van der Waals surface area contributed by atoms with Gasteiger partial charge in [0.05, 0.1) is 29.3 Å². The fourth-order valence-corrected chi connectivity index (χ4v) is 4.83. The summed E-state index contributed by atoms with van der Waals surface area (Å²) in [7, 11) is 0. The molecule has 4 aromatic rings. The highest BCUT2D eigenvalue weighted by molar-refractivity contribution is 6.10. The number of para-hydroxylation sites is 1. The summed E-state index contributed by atoms with van der Waals surface area (Å²) < 4.78 is 12.9. The zero-order valence-corrected chi connectivity index (χ0v) is 23.7. The third-order valence-corrected chi connectivity index (χ3v) is 7.25. The van der Waals surface area contributed by atoms with Gasteiger partial charge in [-0.15, -0.1) is 0 Å². The van der Waals surface area contributed by atoms with E-state index in [1.807, 2.05) is 92.7 Å². The maximum atomic E-state index is 13.1. The first-order valence-corrected chi connectivity index (χ1v) is 13.7. The number of aromatic nitrogens is 2. The second-order valence-electron chi connectivity index (χ2n) is 10.9. The summed E-state index contributed by atoms with van der Waals surface area (Å²) in [5.74, 6) is -1.20. The molecule has 0 aliphatic carbocycles. The van der Waals surface area contributed by atoms with Crippen LogP contribution in [0.3, 0.4) is 0 Å². The van der Waals surface area contributed by atoms with E-state index in [0.717, 1.165) is 22.5 Å². The molecule has 1 atom stereocenters. The zero-order chi connectivity index (χ0) is 29.1. The average Bonchev–Trinajstić information content (AvgIpc) is 3.52. The van der Waals surface area contributed by atoms with Gasteiger partial charge >= 0.3 is 11.9 Å². The van der Waals surface area contributed by atoms with Gasteiger partial charge in [-0.05, 0) is 68.7 Å². The van der Waals surface area contributed by atoms with Gasteiger partial charge in [0.2, 0.25) is 5.88 Å². The largest absolute Gasteiger partial charge is 0.464 e. The van der Waals surface area contributed by atoms with E-state index in [4.69, 9.17) is 9.47 Å². The molecular formula is C33H33N3O5. The van der Waals surface area contributed by atoms with Crippen molar-refractivity contribution in [3.8, 4) is 11.6 Å². The Labute approximate surface area is 239 Å². The molecule has 5 rings (SSSR count). The molecule has 0 radical (unpaired) electrons. The van der Waals surface area contributed by atoms with Crippen molar-refractivity contribution < 1.29 is 23.9 Å². The number of fused-ring (bicyclic) bond motifs is 1. The van der Waals surface area contributed by atoms with Gasteiger partial charge in [0.25, 0.3) is 5.91 Å². The van der Waals surface area contributed by atoms with Gasteiger partial charge in [-0.2, -0.15) is 5.10 Å². The fourth-order valence-electron chi connectivity index (χ4n) is 4.83. The van der Waals surface area contributed by atoms with Gasteiger partial charge < -0.3 is 14.4 Å². The maximum absolute atomic E-state index is 13.1. The molecule has 1 aliphatic rings. The number of carbonyl (C=O) groups is 3. The average molecular weight is 552 g/mol. The lowest BCUT2D eigenvalue weighted by molar-refractivity contribution is -0.156. The molecule has 0 saturated heterocycles. The van der Waals surface area contributed by atoms with Crippen LogP contribution in [-0.2, 0) is 20.9 Å². The second-order valence-corrected chi connectivity index (χ2v) is 10.9. The molecule has 0 fully saturated rings. The van der Waals surface area contributed by atoms with E-state index in [-0.39, 0.29) is 12.5 Å². The van der Waals surface area contributed by atoms with Crippen molar-refractivity contribution in [2.75, 3.05) is 11.5 Å². The Hall–Kier alpha value is -4.72. The third kappa shape index (κ3) is 5.77. The number of ether oxygens (including phenoxy) is 2. The van der Waals surface area contributed by atoms with Gasteiger partial charge in [-0.1, -0.05) is 55.5 Å². The van der Waals surface area contributed by atoms with Crippen molar-refractivity contribution in [1.82, 2.24) is 9.78 Å². The van der Waals surface area contributed by atoms with Crippen LogP contribution in [0.25, 0.3) is 5.69 Å². The third-order valence-electron chi connectivity index (χ3n) is 7.25. The molecule has 3 aromatic carbocycles. The van der Waals surface area contributed by atoms with E-state index in [2.05, 4.69) is 5.10 Å². The van der Waals surface area contributed by atoms with Crippen LogP contribution in [0.4, 0.5) is 5.69 Å². The predicted octanol–water partition coefficient (Wildman–Crippen LogP) is 6.01. The molecule has 8 nitrogen and oxygen atoms in total. The summed E-state index contributed by atoms with van der Waals surface area (Å²) in [5, 5.41) is 4.44. The van der Waals surface area contributed by atoms with Crippen molar-refractivity contribution in [3.05, 3.63) is 107 Å². The monoisotopic (exact) mass is 551 g/mol. The first kappa shape index (κ1) is 27.8. The van der Waals surface area contributed by atoms with Gasteiger partial charge in [0.15, 0.2) is 0 Å². The number of nitrogens with zero attached hydrogens (tertiary/aromatic N) is 3. The van der Waals surface area contributed by atoms with Crippen LogP contribution < -0.4 is 9.64 Å². The number of rotatable bonds is 9. The lowest BCUT2D eigenvalue weighted by Gasteiger charge is -2.24. The summed E-state index contributed by atoms with van der Waals surface area (Å²) in [6.07, 6.45) is 0.521. The standard InChI is InChI=1S/C33H33N3O5/c1-5-27(23-15-17-25(18-16-23)35-20-24-11-9-10-14-28(24)30(35)37)31(38)40-21-33(3,4)32(39)41-29-19-22(2)34-36(29)26-12-7-6-8-13-26/h6-19,27H,5,20-21H2,1-4H3. The fraction of sp³-hybridized carbons (Fsp3) is 0.273. The lowest BCUT2D eigenvalue weighted by atomic mass is 9.94. The summed E-state index contributed by atoms with van der Waals surface area (Å²) >= 11 is 0. The highest BCUT2D eigenvalue weighted by Gasteiger charge is 2.34. The maximum Gasteiger partial charge on any atom is 0.321 e. The number of hydrogen-bond acceptors (Lipinski definition) is 6. The number of esters is 2. The molecule has 8 heteroatoms. The number of aryl methyl sites for hydroxylation is 1. The van der Waals surface area contributed by atoms with Crippen LogP contribution in [-0.4, -0.2) is 34.2 Å². The zero-order valence-electron chi connectivity index (χ0n) is 23.7. The minimum absolute atomic E-state index is 0.0316. The highest BCUT2D eigenvalue weighted by Crippen LogP contribution is 2.31. The Morgan fingerprint density at radius 2 is 1.63 bits per heavy atom. The molecule has 0 spiro atoms. The van der Waals surface area contributed by atoms with Crippen LogP contribution in [0.2, 0.25) is 0 Å². The summed E-state index contributed by atoms with van der Waals surface area (Å²) in [4.78, 5) is 40.8. The van der Waals surface area contributed by atoms with Crippen LogP contribution in [0, 0.1) is 12.3 Å². The van der Waals surface area contributed by atoms with E-state index in [9.17, 15) is 14.4 Å². The van der Waals surface area contributed by atoms with Gasteiger partial charge in [0, 0.05) is 17.3 Å². The number of benzene rings is 3. The Morgan fingerprint density at radius 1 is 0.951 bits per heavy atom. The normalized spacial score (nSPS) is 13.6. The van der Waals surface area contributed by atoms with Gasteiger partial charge in [-0.25, -0.2) is 4.68 Å². The molecule has 1 amide bonds. The molecule has 41 heavy (non-hydrogen) atoms. The van der Waals surface area contributed by atoms with Crippen LogP contribution >= 0.6 is 0 Å². The summed E-state index contributed by atoms with van der Waals surface area (Å²) in [6, 6.07) is 26.1. The molecule has 1 aromatic heterocycles. The van der Waals surface area contributed by atoms with E-state index in [0.29, 0.717) is 30.1 Å². The van der Waals surface area contributed by atoms with Crippen molar-refractivity contribution >= 4 is 23.5 Å². The predicted molar refractivity (Wildman–Crippen MR) is 155 cm³/mol. The van der Waals surface area contributed by atoms with Crippen LogP contribution in [0.5, 0.6) is 5.88 Å². The number of anilines is 1. The number of hydrogen-bond donors (Lipinski definition) is 0. The molecule has 0 saturated carbocycles. The van der Waals surface area contributed by atoms with E-state index in [1.54, 1.807) is 29.5 Å². The van der Waals surface area contributed by atoms with E-state index < -0.39 is 23.3 Å². The minimum Gasteiger partial charge on any atom is -0.464 e. The second kappa shape index (κ2) is 11.4. The van der Waals surface area contributed by atoms with Crippen molar-refractivity contribution in [1.29, 1.82) is 0 Å². The van der Waals surface area contributed by atoms with Gasteiger partial charge in [0.1, 0.15) is 6.61 Å². The SMILES string of the molecule is CCC(C(=O)OCC(C)(C)C(=O)Oc1cc(C)nn1-c1ccccc1)c1ccc(N2Cc3ccccc3C2=O)cc1. The molecule has 2 heterocycles. The quantitative estimate of drug-likeness (QED) is 0.237. The summed E-state index contributed by atoms with van der Waals surface area (Å²) in [6.45, 7) is 7.47. The molecular weight excluding hydrogens is 518 g/mol. The van der Waals surface area contributed by atoms with Crippen LogP contribution in [0.1, 0.15) is 60.3 Å². The van der Waals surface area contributed by atoms with E-state index in [1.165, 1.54) is 0 Å². The van der Waals surface area contributed by atoms with E-state index >= 15 is 0 Å². The van der Waals surface area contributed by atoms with Crippen molar-refractivity contribution in [2.45, 2.75) is 46.6 Å². The van der Waals surface area contributed by atoms with Crippen molar-refractivity contribution in [3.63, 3.8) is 0 Å². The van der Waals surface area contributed by atoms with Crippen LogP contribution in [0.15, 0.2) is 84.9 Å². The topological polar surface area (TPSA) is 90.7 Å². The van der Waals surface area contributed by atoms with Crippen molar-refractivity contribution in [2.24, 2.45) is 5.41 Å².